The van der Waals surface area contributed by atoms with Crippen LogP contribution in [0.5, 0.6) is 17.2 Å². The fourth-order valence-corrected chi connectivity index (χ4v) is 1.61. The minimum Gasteiger partial charge on any atom is -0.504 e. The van der Waals surface area contributed by atoms with Gasteiger partial charge in [0.1, 0.15) is 18.3 Å². The van der Waals surface area contributed by atoms with Crippen molar-refractivity contribution in [3.63, 3.8) is 0 Å². The van der Waals surface area contributed by atoms with Crippen molar-refractivity contribution < 1.29 is 35.0 Å². The van der Waals surface area contributed by atoms with Gasteiger partial charge in [0.2, 0.25) is 12.0 Å². The summed E-state index contributed by atoms with van der Waals surface area (Å²) in [6.45, 7) is -0.206. The fourth-order valence-electron chi connectivity index (χ4n) is 1.61. The molecule has 18 heavy (non-hydrogen) atoms. The molecule has 1 fully saturated rings. The summed E-state index contributed by atoms with van der Waals surface area (Å²) < 4.78 is 10.1. The number of rotatable bonds is 2. The van der Waals surface area contributed by atoms with E-state index in [9.17, 15) is 25.5 Å². The van der Waals surface area contributed by atoms with Crippen LogP contribution in [0.15, 0.2) is 18.2 Å². The molecule has 2 rings (SSSR count). The van der Waals surface area contributed by atoms with E-state index in [4.69, 9.17) is 9.47 Å². The predicted octanol–water partition coefficient (Wildman–Crippen LogP) is -1.08. The van der Waals surface area contributed by atoms with Crippen LogP contribution in [0.2, 0.25) is 0 Å². The molecule has 0 spiro atoms. The van der Waals surface area contributed by atoms with E-state index in [1.54, 1.807) is 0 Å². The van der Waals surface area contributed by atoms with Crippen LogP contribution < -0.4 is 4.74 Å². The Morgan fingerprint density at radius 2 is 1.83 bits per heavy atom. The quantitative estimate of drug-likeness (QED) is 0.428. The zero-order valence-corrected chi connectivity index (χ0v) is 9.30. The van der Waals surface area contributed by atoms with Gasteiger partial charge in [-0.1, -0.05) is 6.07 Å². The van der Waals surface area contributed by atoms with Crippen molar-refractivity contribution in [2.45, 2.75) is 24.6 Å². The van der Waals surface area contributed by atoms with Crippen LogP contribution in [0.4, 0.5) is 0 Å². The van der Waals surface area contributed by atoms with Crippen LogP contribution in [0.25, 0.3) is 0 Å². The molecule has 1 aliphatic rings. The van der Waals surface area contributed by atoms with Gasteiger partial charge in [-0.2, -0.15) is 0 Å². The maximum Gasteiger partial charge on any atom is 0.229 e. The highest BCUT2D eigenvalue weighted by molar-refractivity contribution is 5.48. The Balaban J connectivity index is 2.12. The normalized spacial score (nSPS) is 32.2. The van der Waals surface area contributed by atoms with Gasteiger partial charge in [0, 0.05) is 0 Å². The van der Waals surface area contributed by atoms with Crippen molar-refractivity contribution in [2.75, 3.05) is 6.61 Å². The summed E-state index contributed by atoms with van der Waals surface area (Å²) in [6.07, 6.45) is -5.30. The first-order chi connectivity index (χ1) is 8.50. The van der Waals surface area contributed by atoms with Crippen LogP contribution >= 0.6 is 0 Å². The molecule has 7 heteroatoms. The molecule has 1 aliphatic heterocycles. The highest BCUT2D eigenvalue weighted by Gasteiger charge is 2.39. The molecule has 0 saturated carbocycles. The van der Waals surface area contributed by atoms with Crippen LogP contribution in [0.1, 0.15) is 0 Å². The molecule has 7 nitrogen and oxygen atoms in total. The smallest absolute Gasteiger partial charge is 0.229 e. The van der Waals surface area contributed by atoms with Gasteiger partial charge >= 0.3 is 0 Å². The Morgan fingerprint density at radius 3 is 2.56 bits per heavy atom. The SMILES string of the molecule is Oc1cccc(OC2OC[C@@H](O)[C@H](O)[C@H]2O)c1O. The summed E-state index contributed by atoms with van der Waals surface area (Å²) in [5, 5.41) is 47.1. The molecule has 0 aromatic heterocycles. The number of aliphatic hydroxyl groups excluding tert-OH is 3. The first kappa shape index (κ1) is 12.9. The van der Waals surface area contributed by atoms with Gasteiger partial charge in [0.25, 0.3) is 0 Å². The highest BCUT2D eigenvalue weighted by Crippen LogP contribution is 2.36. The molecule has 0 bridgehead atoms. The lowest BCUT2D eigenvalue weighted by Gasteiger charge is -2.34. The standard InChI is InChI=1S/C11H14O7/c12-5-2-1-3-7(8(5)14)18-11-10(16)9(15)6(13)4-17-11/h1-3,6,9-16H,4H2/t6-,9+,10-,11?/m1/s1. The summed E-state index contributed by atoms with van der Waals surface area (Å²) in [6, 6.07) is 4.06. The van der Waals surface area contributed by atoms with Crippen molar-refractivity contribution in [1.82, 2.24) is 0 Å². The second kappa shape index (κ2) is 4.99. The van der Waals surface area contributed by atoms with Crippen LogP contribution in [-0.4, -0.2) is 56.7 Å². The molecule has 1 saturated heterocycles. The first-order valence-corrected chi connectivity index (χ1v) is 5.34. The van der Waals surface area contributed by atoms with Crippen LogP contribution in [0, 0.1) is 0 Å². The molecule has 1 aromatic carbocycles. The van der Waals surface area contributed by atoms with E-state index in [1.807, 2.05) is 0 Å². The van der Waals surface area contributed by atoms with E-state index in [1.165, 1.54) is 18.2 Å². The average Bonchev–Trinajstić information content (AvgIpc) is 2.35. The van der Waals surface area contributed by atoms with Gasteiger partial charge in [0.05, 0.1) is 6.61 Å². The molecule has 4 atom stereocenters. The number of hydrogen-bond acceptors (Lipinski definition) is 7. The Bertz CT molecular complexity index is 422. The molecule has 1 aromatic rings. The summed E-state index contributed by atoms with van der Waals surface area (Å²) in [4.78, 5) is 0. The zero-order valence-electron chi connectivity index (χ0n) is 9.30. The summed E-state index contributed by atoms with van der Waals surface area (Å²) in [7, 11) is 0. The minimum atomic E-state index is -1.46. The summed E-state index contributed by atoms with van der Waals surface area (Å²) >= 11 is 0. The lowest BCUT2D eigenvalue weighted by Crippen LogP contribution is -2.54. The van der Waals surface area contributed by atoms with Gasteiger partial charge in [-0.25, -0.2) is 0 Å². The van der Waals surface area contributed by atoms with Crippen LogP contribution in [0.3, 0.4) is 0 Å². The number of phenols is 2. The van der Waals surface area contributed by atoms with E-state index in [-0.39, 0.29) is 18.1 Å². The third-order valence-corrected chi connectivity index (χ3v) is 2.68. The van der Waals surface area contributed by atoms with Crippen molar-refractivity contribution >= 4 is 0 Å². The molecule has 1 heterocycles. The van der Waals surface area contributed by atoms with E-state index in [2.05, 4.69) is 0 Å². The molecule has 100 valence electrons. The van der Waals surface area contributed by atoms with Gasteiger partial charge < -0.3 is 35.0 Å². The largest absolute Gasteiger partial charge is 0.504 e. The number of ether oxygens (including phenoxy) is 2. The van der Waals surface area contributed by atoms with Crippen molar-refractivity contribution in [3.05, 3.63) is 18.2 Å². The number of para-hydroxylation sites is 1. The van der Waals surface area contributed by atoms with Gasteiger partial charge in [-0.05, 0) is 12.1 Å². The maximum absolute atomic E-state index is 9.63. The molecule has 1 unspecified atom stereocenters. The third kappa shape index (κ3) is 2.34. The molecule has 0 radical (unpaired) electrons. The fraction of sp³-hybridized carbons (Fsp3) is 0.455. The third-order valence-electron chi connectivity index (χ3n) is 2.68. The Labute approximate surface area is 102 Å². The molecule has 0 aliphatic carbocycles. The lowest BCUT2D eigenvalue weighted by atomic mass is 10.1. The minimum absolute atomic E-state index is 0.0948. The van der Waals surface area contributed by atoms with E-state index >= 15 is 0 Å². The summed E-state index contributed by atoms with van der Waals surface area (Å²) in [5.41, 5.74) is 0. The van der Waals surface area contributed by atoms with Crippen molar-refractivity contribution in [3.8, 4) is 17.2 Å². The van der Waals surface area contributed by atoms with E-state index < -0.39 is 30.4 Å². The second-order valence-electron chi connectivity index (χ2n) is 3.99. The number of phenolic OH excluding ortho intramolecular Hbond substituents is 2. The predicted molar refractivity (Wildman–Crippen MR) is 58.2 cm³/mol. The number of benzene rings is 1. The number of aromatic hydroxyl groups is 2. The molecular formula is C11H14O7. The number of aliphatic hydroxyl groups is 3. The Morgan fingerprint density at radius 1 is 1.11 bits per heavy atom. The van der Waals surface area contributed by atoms with Gasteiger partial charge in [-0.3, -0.25) is 0 Å². The topological polar surface area (TPSA) is 120 Å². The second-order valence-corrected chi connectivity index (χ2v) is 3.99. The van der Waals surface area contributed by atoms with Gasteiger partial charge in [-0.15, -0.1) is 0 Å². The monoisotopic (exact) mass is 258 g/mol. The molecular weight excluding hydrogens is 244 g/mol. The van der Waals surface area contributed by atoms with E-state index in [0.717, 1.165) is 0 Å². The molecule has 0 amide bonds. The van der Waals surface area contributed by atoms with Crippen molar-refractivity contribution in [1.29, 1.82) is 0 Å². The molecule has 5 N–H and O–H groups in total. The Hall–Kier alpha value is -1.54. The Kier molecular flexibility index (Phi) is 3.58. The lowest BCUT2D eigenvalue weighted by molar-refractivity contribution is -0.242. The highest BCUT2D eigenvalue weighted by atomic mass is 16.7. The summed E-state index contributed by atoms with van der Waals surface area (Å²) in [5.74, 6) is -0.963. The number of hydrogen-bond donors (Lipinski definition) is 5. The first-order valence-electron chi connectivity index (χ1n) is 5.34. The van der Waals surface area contributed by atoms with Gasteiger partial charge in [0.15, 0.2) is 11.5 Å². The maximum atomic E-state index is 9.63. The average molecular weight is 258 g/mol. The van der Waals surface area contributed by atoms with Crippen molar-refractivity contribution in [2.24, 2.45) is 0 Å². The zero-order chi connectivity index (χ0) is 13.3. The van der Waals surface area contributed by atoms with Crippen LogP contribution in [-0.2, 0) is 4.74 Å². The van der Waals surface area contributed by atoms with E-state index in [0.29, 0.717) is 0 Å².